The summed E-state index contributed by atoms with van der Waals surface area (Å²) in [5.41, 5.74) is 0. The third kappa shape index (κ3) is 6.61. The number of nitrogens with one attached hydrogen (secondary N) is 2. The Balaban J connectivity index is 0.00000180. The molecule has 0 bridgehead atoms. The lowest BCUT2D eigenvalue weighted by molar-refractivity contribution is -0.122. The molecule has 0 aromatic carbocycles. The highest BCUT2D eigenvalue weighted by Crippen LogP contribution is 2.15. The molecule has 0 radical (unpaired) electrons. The van der Waals surface area contributed by atoms with E-state index in [0.717, 1.165) is 57.9 Å². The van der Waals surface area contributed by atoms with Gasteiger partial charge in [-0.1, -0.05) is 6.92 Å². The van der Waals surface area contributed by atoms with Gasteiger partial charge in [0.25, 0.3) is 0 Å². The summed E-state index contributed by atoms with van der Waals surface area (Å²) in [6, 6.07) is 0.419. The Morgan fingerprint density at radius 1 is 1.25 bits per heavy atom. The fourth-order valence-corrected chi connectivity index (χ4v) is 2.99. The van der Waals surface area contributed by atoms with Crippen molar-refractivity contribution in [2.45, 2.75) is 45.1 Å². The lowest BCUT2D eigenvalue weighted by Gasteiger charge is -2.31. The standard InChI is InChI=1S/C14H27N3O.2ClH/c1-2-17-9-6-13(7-10-17)16-14(18)4-3-12-5-8-15-11-12;;/h12-13,15H,2-11H2,1H3,(H,16,18);2*1H. The summed E-state index contributed by atoms with van der Waals surface area (Å²) in [4.78, 5) is 14.3. The van der Waals surface area contributed by atoms with Crippen LogP contribution in [0.15, 0.2) is 0 Å². The molecule has 0 aliphatic carbocycles. The number of halogens is 2. The van der Waals surface area contributed by atoms with Crippen LogP contribution >= 0.6 is 24.8 Å². The molecule has 0 saturated carbocycles. The van der Waals surface area contributed by atoms with Crippen LogP contribution in [0.1, 0.15) is 39.0 Å². The second kappa shape index (κ2) is 10.7. The van der Waals surface area contributed by atoms with Gasteiger partial charge in [0.1, 0.15) is 0 Å². The zero-order valence-electron chi connectivity index (χ0n) is 12.4. The number of piperidine rings is 1. The van der Waals surface area contributed by atoms with Gasteiger partial charge in [-0.3, -0.25) is 4.79 Å². The summed E-state index contributed by atoms with van der Waals surface area (Å²) in [5.74, 6) is 0.981. The van der Waals surface area contributed by atoms with E-state index in [1.54, 1.807) is 0 Å². The molecule has 0 spiro atoms. The predicted molar refractivity (Wildman–Crippen MR) is 88.0 cm³/mol. The normalized spacial score (nSPS) is 23.8. The van der Waals surface area contributed by atoms with Crippen LogP contribution in [-0.2, 0) is 4.79 Å². The second-order valence-electron chi connectivity index (χ2n) is 5.67. The minimum absolute atomic E-state index is 0. The highest BCUT2D eigenvalue weighted by molar-refractivity contribution is 5.85. The van der Waals surface area contributed by atoms with Gasteiger partial charge in [0, 0.05) is 25.6 Å². The van der Waals surface area contributed by atoms with Crippen LogP contribution in [-0.4, -0.2) is 49.6 Å². The fraction of sp³-hybridized carbons (Fsp3) is 0.929. The molecule has 6 heteroatoms. The first kappa shape index (κ1) is 20.0. The number of rotatable bonds is 5. The molecular weight excluding hydrogens is 297 g/mol. The van der Waals surface area contributed by atoms with E-state index in [1.165, 1.54) is 6.42 Å². The number of nitrogens with zero attached hydrogens (tertiary/aromatic N) is 1. The number of amides is 1. The van der Waals surface area contributed by atoms with Gasteiger partial charge in [-0.05, 0) is 51.2 Å². The van der Waals surface area contributed by atoms with Crippen molar-refractivity contribution in [2.75, 3.05) is 32.7 Å². The molecule has 2 fully saturated rings. The fourth-order valence-electron chi connectivity index (χ4n) is 2.99. The van der Waals surface area contributed by atoms with E-state index in [4.69, 9.17) is 0 Å². The zero-order chi connectivity index (χ0) is 12.8. The predicted octanol–water partition coefficient (Wildman–Crippen LogP) is 1.82. The van der Waals surface area contributed by atoms with E-state index >= 15 is 0 Å². The highest BCUT2D eigenvalue weighted by Gasteiger charge is 2.20. The smallest absolute Gasteiger partial charge is 0.220 e. The van der Waals surface area contributed by atoms with E-state index in [-0.39, 0.29) is 30.7 Å². The number of carbonyl (C=O) groups is 1. The molecule has 20 heavy (non-hydrogen) atoms. The van der Waals surface area contributed by atoms with Crippen molar-refractivity contribution in [3.63, 3.8) is 0 Å². The Morgan fingerprint density at radius 3 is 2.50 bits per heavy atom. The Kier molecular flexibility index (Phi) is 10.6. The minimum Gasteiger partial charge on any atom is -0.353 e. The number of carbonyl (C=O) groups excluding carboxylic acids is 1. The first-order valence-corrected chi connectivity index (χ1v) is 7.50. The molecule has 120 valence electrons. The summed E-state index contributed by atoms with van der Waals surface area (Å²) in [7, 11) is 0. The van der Waals surface area contributed by atoms with Crippen molar-refractivity contribution in [3.8, 4) is 0 Å². The summed E-state index contributed by atoms with van der Waals surface area (Å²) < 4.78 is 0. The van der Waals surface area contributed by atoms with Crippen LogP contribution in [0.3, 0.4) is 0 Å². The number of hydrogen-bond acceptors (Lipinski definition) is 3. The Hall–Kier alpha value is -0.0300. The van der Waals surface area contributed by atoms with Gasteiger partial charge in [-0.2, -0.15) is 0 Å². The van der Waals surface area contributed by atoms with Gasteiger partial charge >= 0.3 is 0 Å². The maximum atomic E-state index is 11.9. The Morgan fingerprint density at radius 2 is 1.95 bits per heavy atom. The van der Waals surface area contributed by atoms with Crippen molar-refractivity contribution in [1.82, 2.24) is 15.5 Å². The summed E-state index contributed by atoms with van der Waals surface area (Å²) in [5, 5.41) is 6.55. The molecule has 2 saturated heterocycles. The number of hydrogen-bond donors (Lipinski definition) is 2. The van der Waals surface area contributed by atoms with Gasteiger partial charge < -0.3 is 15.5 Å². The average Bonchev–Trinajstić information content (AvgIpc) is 2.90. The SMILES string of the molecule is CCN1CCC(NC(=O)CCC2CCNC2)CC1.Cl.Cl. The van der Waals surface area contributed by atoms with Gasteiger partial charge in [0.05, 0.1) is 0 Å². The largest absolute Gasteiger partial charge is 0.353 e. The van der Waals surface area contributed by atoms with E-state index in [0.29, 0.717) is 12.5 Å². The molecule has 1 unspecified atom stereocenters. The molecule has 1 amide bonds. The maximum absolute atomic E-state index is 11.9. The summed E-state index contributed by atoms with van der Waals surface area (Å²) >= 11 is 0. The molecule has 2 heterocycles. The van der Waals surface area contributed by atoms with Crippen LogP contribution in [0.2, 0.25) is 0 Å². The third-order valence-corrected chi connectivity index (χ3v) is 4.34. The van der Waals surface area contributed by atoms with Crippen molar-refractivity contribution < 1.29 is 4.79 Å². The molecule has 2 rings (SSSR count). The first-order valence-electron chi connectivity index (χ1n) is 7.50. The minimum atomic E-state index is 0. The van der Waals surface area contributed by atoms with Gasteiger partial charge in [-0.25, -0.2) is 0 Å². The van der Waals surface area contributed by atoms with E-state index in [2.05, 4.69) is 22.5 Å². The van der Waals surface area contributed by atoms with Crippen molar-refractivity contribution in [1.29, 1.82) is 0 Å². The molecule has 2 N–H and O–H groups in total. The van der Waals surface area contributed by atoms with E-state index < -0.39 is 0 Å². The van der Waals surface area contributed by atoms with E-state index in [9.17, 15) is 4.79 Å². The Bertz CT molecular complexity index is 265. The van der Waals surface area contributed by atoms with Crippen LogP contribution in [0.4, 0.5) is 0 Å². The second-order valence-corrected chi connectivity index (χ2v) is 5.67. The Labute approximate surface area is 135 Å². The van der Waals surface area contributed by atoms with Crippen LogP contribution in [0.25, 0.3) is 0 Å². The van der Waals surface area contributed by atoms with Crippen molar-refractivity contribution in [2.24, 2.45) is 5.92 Å². The molecule has 2 aliphatic heterocycles. The average molecular weight is 326 g/mol. The number of likely N-dealkylation sites (tertiary alicyclic amines) is 1. The zero-order valence-corrected chi connectivity index (χ0v) is 14.0. The van der Waals surface area contributed by atoms with Crippen LogP contribution in [0.5, 0.6) is 0 Å². The van der Waals surface area contributed by atoms with Crippen LogP contribution < -0.4 is 10.6 Å². The molecular formula is C14H29Cl2N3O. The lowest BCUT2D eigenvalue weighted by atomic mass is 10.0. The summed E-state index contributed by atoms with van der Waals surface area (Å²) in [6.45, 7) is 7.83. The summed E-state index contributed by atoms with van der Waals surface area (Å²) in [6.07, 6.45) is 5.23. The van der Waals surface area contributed by atoms with Gasteiger partial charge in [-0.15, -0.1) is 24.8 Å². The molecule has 2 aliphatic rings. The van der Waals surface area contributed by atoms with Gasteiger partial charge in [0.15, 0.2) is 0 Å². The maximum Gasteiger partial charge on any atom is 0.220 e. The van der Waals surface area contributed by atoms with Crippen molar-refractivity contribution >= 4 is 30.7 Å². The highest BCUT2D eigenvalue weighted by atomic mass is 35.5. The van der Waals surface area contributed by atoms with Crippen LogP contribution in [0, 0.1) is 5.92 Å². The topological polar surface area (TPSA) is 44.4 Å². The first-order chi connectivity index (χ1) is 8.78. The lowest BCUT2D eigenvalue weighted by Crippen LogP contribution is -2.44. The quantitative estimate of drug-likeness (QED) is 0.810. The molecule has 0 aromatic heterocycles. The van der Waals surface area contributed by atoms with Crippen molar-refractivity contribution in [3.05, 3.63) is 0 Å². The molecule has 1 atom stereocenters. The molecule has 4 nitrogen and oxygen atoms in total. The van der Waals surface area contributed by atoms with Gasteiger partial charge in [0.2, 0.25) is 5.91 Å². The van der Waals surface area contributed by atoms with E-state index in [1.807, 2.05) is 0 Å². The monoisotopic (exact) mass is 325 g/mol. The third-order valence-electron chi connectivity index (χ3n) is 4.34. The molecule has 0 aromatic rings.